The van der Waals surface area contributed by atoms with Crippen molar-refractivity contribution < 1.29 is 9.53 Å². The molecule has 0 bridgehead atoms. The number of carbonyl (C=O) groups is 1. The molecule has 1 aromatic rings. The van der Waals surface area contributed by atoms with Crippen LogP contribution in [0.15, 0.2) is 30.3 Å². The highest BCUT2D eigenvalue weighted by molar-refractivity contribution is 5.76. The maximum atomic E-state index is 12.2. The molecule has 0 unspecified atom stereocenters. The Bertz CT molecular complexity index is 450. The van der Waals surface area contributed by atoms with Gasteiger partial charge in [0.05, 0.1) is 6.10 Å². The first-order valence-electron chi connectivity index (χ1n) is 8.26. The van der Waals surface area contributed by atoms with Gasteiger partial charge < -0.3 is 10.1 Å². The molecule has 0 spiro atoms. The maximum absolute atomic E-state index is 12.2. The van der Waals surface area contributed by atoms with Crippen LogP contribution in [0.3, 0.4) is 0 Å². The van der Waals surface area contributed by atoms with Gasteiger partial charge in [0.25, 0.3) is 0 Å². The second kappa shape index (κ2) is 7.08. The molecule has 1 amide bonds. The highest BCUT2D eigenvalue weighted by Gasteiger charge is 2.32. The number of ether oxygens (including phenoxy) is 1. The minimum absolute atomic E-state index is 0.193. The first-order valence-corrected chi connectivity index (χ1v) is 8.26. The van der Waals surface area contributed by atoms with Gasteiger partial charge in [0.2, 0.25) is 5.91 Å². The molecule has 2 aliphatic rings. The standard InChI is InChI=1S/C18H25NO2/c20-18(11-10-16-7-4-12-21-16)19-17(15-8-9-15)13-14-5-2-1-3-6-14/h1-3,5-6,15-17H,4,7-13H2,(H,19,20)/t16-,17+/m1/s1. The van der Waals surface area contributed by atoms with Crippen LogP contribution in [0, 0.1) is 5.92 Å². The fourth-order valence-corrected chi connectivity index (χ4v) is 3.15. The molecule has 2 fully saturated rings. The number of amides is 1. The number of hydrogen-bond acceptors (Lipinski definition) is 2. The Balaban J connectivity index is 1.46. The van der Waals surface area contributed by atoms with E-state index in [0.29, 0.717) is 24.5 Å². The third-order valence-corrected chi connectivity index (χ3v) is 4.55. The van der Waals surface area contributed by atoms with Crippen molar-refractivity contribution in [1.82, 2.24) is 5.32 Å². The van der Waals surface area contributed by atoms with E-state index >= 15 is 0 Å². The van der Waals surface area contributed by atoms with E-state index in [9.17, 15) is 4.79 Å². The maximum Gasteiger partial charge on any atom is 0.220 e. The molecule has 1 saturated carbocycles. The van der Waals surface area contributed by atoms with E-state index in [1.54, 1.807) is 0 Å². The average Bonchev–Trinajstić information content (AvgIpc) is 3.22. The summed E-state index contributed by atoms with van der Waals surface area (Å²) in [4.78, 5) is 12.2. The molecule has 0 radical (unpaired) electrons. The molecular weight excluding hydrogens is 262 g/mol. The number of carbonyl (C=O) groups excluding carboxylic acids is 1. The van der Waals surface area contributed by atoms with Gasteiger partial charge >= 0.3 is 0 Å². The van der Waals surface area contributed by atoms with Crippen molar-refractivity contribution in [2.45, 2.75) is 57.1 Å². The second-order valence-electron chi connectivity index (χ2n) is 6.37. The topological polar surface area (TPSA) is 38.3 Å². The van der Waals surface area contributed by atoms with Crippen LogP contribution in [0.4, 0.5) is 0 Å². The van der Waals surface area contributed by atoms with E-state index in [1.165, 1.54) is 18.4 Å². The summed E-state index contributed by atoms with van der Waals surface area (Å²) < 4.78 is 5.58. The first-order chi connectivity index (χ1) is 10.3. The Morgan fingerprint density at radius 3 is 2.71 bits per heavy atom. The molecular formula is C18H25NO2. The van der Waals surface area contributed by atoms with Gasteiger partial charge in [0, 0.05) is 19.1 Å². The van der Waals surface area contributed by atoms with Crippen molar-refractivity contribution in [3.8, 4) is 0 Å². The zero-order valence-electron chi connectivity index (χ0n) is 12.6. The second-order valence-corrected chi connectivity index (χ2v) is 6.37. The largest absolute Gasteiger partial charge is 0.378 e. The molecule has 1 heterocycles. The van der Waals surface area contributed by atoms with E-state index in [4.69, 9.17) is 4.74 Å². The number of hydrogen-bond donors (Lipinski definition) is 1. The quantitative estimate of drug-likeness (QED) is 0.837. The van der Waals surface area contributed by atoms with E-state index in [-0.39, 0.29) is 5.91 Å². The zero-order valence-corrected chi connectivity index (χ0v) is 12.6. The SMILES string of the molecule is O=C(CC[C@H]1CCCO1)N[C@@H](Cc1ccccc1)C1CC1. The van der Waals surface area contributed by atoms with Crippen LogP contribution < -0.4 is 5.32 Å². The summed E-state index contributed by atoms with van der Waals surface area (Å²) in [6, 6.07) is 10.8. The van der Waals surface area contributed by atoms with Gasteiger partial charge in [-0.3, -0.25) is 4.79 Å². The molecule has 3 rings (SSSR count). The summed E-state index contributed by atoms with van der Waals surface area (Å²) in [6.45, 7) is 0.866. The lowest BCUT2D eigenvalue weighted by Crippen LogP contribution is -2.38. The van der Waals surface area contributed by atoms with Crippen molar-refractivity contribution in [3.63, 3.8) is 0 Å². The van der Waals surface area contributed by atoms with Gasteiger partial charge in [0.1, 0.15) is 0 Å². The molecule has 1 saturated heterocycles. The van der Waals surface area contributed by atoms with E-state index in [1.807, 2.05) is 6.07 Å². The van der Waals surface area contributed by atoms with Crippen LogP contribution in [0.1, 0.15) is 44.1 Å². The minimum Gasteiger partial charge on any atom is -0.378 e. The highest BCUT2D eigenvalue weighted by atomic mass is 16.5. The molecule has 1 N–H and O–H groups in total. The number of rotatable bonds is 7. The Morgan fingerprint density at radius 2 is 2.05 bits per heavy atom. The lowest BCUT2D eigenvalue weighted by molar-refractivity contribution is -0.122. The number of nitrogens with one attached hydrogen (secondary N) is 1. The molecule has 21 heavy (non-hydrogen) atoms. The van der Waals surface area contributed by atoms with Crippen molar-refractivity contribution in [2.75, 3.05) is 6.61 Å². The third kappa shape index (κ3) is 4.57. The van der Waals surface area contributed by atoms with E-state index < -0.39 is 0 Å². The molecule has 3 nitrogen and oxygen atoms in total. The Labute approximate surface area is 127 Å². The van der Waals surface area contributed by atoms with Crippen molar-refractivity contribution in [1.29, 1.82) is 0 Å². The van der Waals surface area contributed by atoms with Crippen molar-refractivity contribution in [3.05, 3.63) is 35.9 Å². The fraction of sp³-hybridized carbons (Fsp3) is 0.611. The highest BCUT2D eigenvalue weighted by Crippen LogP contribution is 2.34. The lowest BCUT2D eigenvalue weighted by Gasteiger charge is -2.19. The van der Waals surface area contributed by atoms with Crippen LogP contribution in [0.25, 0.3) is 0 Å². The van der Waals surface area contributed by atoms with Crippen LogP contribution in [-0.2, 0) is 16.0 Å². The minimum atomic E-state index is 0.193. The zero-order chi connectivity index (χ0) is 14.5. The Hall–Kier alpha value is -1.35. The number of benzene rings is 1. The van der Waals surface area contributed by atoms with E-state index in [0.717, 1.165) is 32.3 Å². The fourth-order valence-electron chi connectivity index (χ4n) is 3.15. The summed E-state index contributed by atoms with van der Waals surface area (Å²) >= 11 is 0. The van der Waals surface area contributed by atoms with Gasteiger partial charge in [-0.2, -0.15) is 0 Å². The van der Waals surface area contributed by atoms with Gasteiger partial charge in [-0.1, -0.05) is 30.3 Å². The lowest BCUT2D eigenvalue weighted by atomic mass is 10.0. The smallest absolute Gasteiger partial charge is 0.220 e. The summed E-state index contributed by atoms with van der Waals surface area (Å²) in [5.74, 6) is 0.871. The Kier molecular flexibility index (Phi) is 4.91. The molecule has 114 valence electrons. The molecule has 1 aliphatic heterocycles. The van der Waals surface area contributed by atoms with Crippen molar-refractivity contribution >= 4 is 5.91 Å². The Morgan fingerprint density at radius 1 is 1.24 bits per heavy atom. The average molecular weight is 287 g/mol. The van der Waals surface area contributed by atoms with E-state index in [2.05, 4.69) is 29.6 Å². The van der Waals surface area contributed by atoms with Crippen LogP contribution in [0.2, 0.25) is 0 Å². The van der Waals surface area contributed by atoms with Gasteiger partial charge in [-0.15, -0.1) is 0 Å². The van der Waals surface area contributed by atoms with Gasteiger partial charge in [-0.05, 0) is 50.0 Å². The van der Waals surface area contributed by atoms with Crippen LogP contribution in [0.5, 0.6) is 0 Å². The molecule has 2 atom stereocenters. The third-order valence-electron chi connectivity index (χ3n) is 4.55. The van der Waals surface area contributed by atoms with Gasteiger partial charge in [-0.25, -0.2) is 0 Å². The molecule has 1 aromatic carbocycles. The summed E-state index contributed by atoms with van der Waals surface area (Å²) in [5.41, 5.74) is 1.31. The monoisotopic (exact) mass is 287 g/mol. The van der Waals surface area contributed by atoms with Crippen molar-refractivity contribution in [2.24, 2.45) is 5.92 Å². The molecule has 1 aliphatic carbocycles. The van der Waals surface area contributed by atoms with Gasteiger partial charge in [0.15, 0.2) is 0 Å². The summed E-state index contributed by atoms with van der Waals surface area (Å²) in [5, 5.41) is 3.26. The van der Waals surface area contributed by atoms with Crippen LogP contribution in [-0.4, -0.2) is 24.7 Å². The first kappa shape index (κ1) is 14.6. The molecule has 3 heteroatoms. The predicted octanol–water partition coefficient (Wildman–Crippen LogP) is 3.08. The normalized spacial score (nSPS) is 23.0. The van der Waals surface area contributed by atoms with Crippen LogP contribution >= 0.6 is 0 Å². The summed E-state index contributed by atoms with van der Waals surface area (Å²) in [6.07, 6.45) is 7.50. The predicted molar refractivity (Wildman–Crippen MR) is 83.0 cm³/mol. The summed E-state index contributed by atoms with van der Waals surface area (Å²) in [7, 11) is 0. The molecule has 0 aromatic heterocycles.